The van der Waals surface area contributed by atoms with Gasteiger partial charge in [-0.3, -0.25) is 9.69 Å². The number of hydrogen-bond donors (Lipinski definition) is 1. The van der Waals surface area contributed by atoms with Crippen molar-refractivity contribution in [2.75, 3.05) is 33.8 Å². The van der Waals surface area contributed by atoms with Gasteiger partial charge in [0.1, 0.15) is 17.5 Å². The Hall–Kier alpha value is -3.06. The zero-order valence-electron chi connectivity index (χ0n) is 20.1. The molecule has 7 nitrogen and oxygen atoms in total. The number of hydrogen-bond acceptors (Lipinski definition) is 4. The number of likely N-dealkylation sites (N-methyl/N-ethyl adjacent to an activating group) is 1. The van der Waals surface area contributed by atoms with Crippen molar-refractivity contribution in [3.63, 3.8) is 0 Å². The number of likely N-dealkylation sites (tertiary alicyclic amines) is 1. The second-order valence-corrected chi connectivity index (χ2v) is 9.88. The van der Waals surface area contributed by atoms with E-state index >= 15 is 0 Å². The topological polar surface area (TPSA) is 79.1 Å². The van der Waals surface area contributed by atoms with Gasteiger partial charge in [0.2, 0.25) is 5.91 Å². The maximum atomic E-state index is 14.0. The van der Waals surface area contributed by atoms with Crippen molar-refractivity contribution in [3.05, 3.63) is 65.2 Å². The van der Waals surface area contributed by atoms with Gasteiger partial charge in [-0.15, -0.1) is 0 Å². The zero-order chi connectivity index (χ0) is 23.9. The molecular formula is C27H34N4O3. The highest BCUT2D eigenvalue weighted by Gasteiger charge is 2.56. The molecule has 3 amide bonds. The number of nitrogens with zero attached hydrogens (tertiary/aromatic N) is 3. The second kappa shape index (κ2) is 8.95. The van der Waals surface area contributed by atoms with Crippen LogP contribution in [0.5, 0.6) is 5.75 Å². The van der Waals surface area contributed by atoms with E-state index in [4.69, 9.17) is 10.5 Å². The Balaban J connectivity index is 1.41. The highest BCUT2D eigenvalue weighted by atomic mass is 16.5. The fourth-order valence-corrected chi connectivity index (χ4v) is 5.66. The summed E-state index contributed by atoms with van der Waals surface area (Å²) in [6.45, 7) is 1.64. The van der Waals surface area contributed by atoms with Crippen molar-refractivity contribution in [3.8, 4) is 5.75 Å². The summed E-state index contributed by atoms with van der Waals surface area (Å²) in [4.78, 5) is 31.6. The third-order valence-corrected chi connectivity index (χ3v) is 7.98. The molecular weight excluding hydrogens is 428 g/mol. The average molecular weight is 463 g/mol. The quantitative estimate of drug-likeness (QED) is 0.713. The Morgan fingerprint density at radius 2 is 1.65 bits per heavy atom. The number of carbonyl (C=O) groups excluding carboxylic acids is 2. The molecule has 1 saturated carbocycles. The monoisotopic (exact) mass is 462 g/mol. The van der Waals surface area contributed by atoms with Crippen LogP contribution in [0.1, 0.15) is 54.5 Å². The molecule has 2 aliphatic heterocycles. The molecule has 7 heteroatoms. The Morgan fingerprint density at radius 1 is 1.03 bits per heavy atom. The summed E-state index contributed by atoms with van der Waals surface area (Å²) in [6, 6.07) is 16.5. The first kappa shape index (κ1) is 22.7. The highest BCUT2D eigenvalue weighted by Crippen LogP contribution is 2.46. The maximum absolute atomic E-state index is 14.0. The zero-order valence-corrected chi connectivity index (χ0v) is 20.1. The number of benzene rings is 2. The van der Waals surface area contributed by atoms with Gasteiger partial charge in [0.05, 0.1) is 7.11 Å². The summed E-state index contributed by atoms with van der Waals surface area (Å²) in [5.41, 5.74) is 8.62. The number of carbonyl (C=O) groups is 2. The lowest BCUT2D eigenvalue weighted by atomic mass is 9.86. The van der Waals surface area contributed by atoms with Gasteiger partial charge in [-0.25, -0.2) is 4.79 Å². The van der Waals surface area contributed by atoms with Gasteiger partial charge >= 0.3 is 6.03 Å². The molecule has 180 valence electrons. The lowest BCUT2D eigenvalue weighted by Crippen LogP contribution is -2.56. The van der Waals surface area contributed by atoms with Gasteiger partial charge in [-0.2, -0.15) is 0 Å². The fraction of sp³-hybridized carbons (Fsp3) is 0.481. The number of amides is 3. The lowest BCUT2D eigenvalue weighted by Gasteiger charge is -2.41. The molecule has 1 spiro atoms. The molecule has 0 bridgehead atoms. The van der Waals surface area contributed by atoms with Crippen LogP contribution in [0.2, 0.25) is 0 Å². The number of methoxy groups -OCH3 is 1. The lowest BCUT2D eigenvalue weighted by molar-refractivity contribution is -0.135. The van der Waals surface area contributed by atoms with Gasteiger partial charge in [0.25, 0.3) is 0 Å². The van der Waals surface area contributed by atoms with Gasteiger partial charge < -0.3 is 20.3 Å². The summed E-state index contributed by atoms with van der Waals surface area (Å²) in [6.07, 6.45) is 4.38. The average Bonchev–Trinajstić information content (AvgIpc) is 3.69. The Morgan fingerprint density at radius 3 is 2.21 bits per heavy atom. The minimum atomic E-state index is -0.605. The van der Waals surface area contributed by atoms with Crippen LogP contribution >= 0.6 is 0 Å². The second-order valence-electron chi connectivity index (χ2n) is 9.88. The minimum Gasteiger partial charge on any atom is -0.497 e. The summed E-state index contributed by atoms with van der Waals surface area (Å²) in [5.74, 6) is 1.69. The van der Waals surface area contributed by atoms with Gasteiger partial charge in [-0.1, -0.05) is 36.4 Å². The van der Waals surface area contributed by atoms with E-state index < -0.39 is 11.6 Å². The molecule has 34 heavy (non-hydrogen) atoms. The summed E-state index contributed by atoms with van der Waals surface area (Å²) in [7, 11) is 3.72. The van der Waals surface area contributed by atoms with Crippen molar-refractivity contribution in [2.24, 2.45) is 5.73 Å². The van der Waals surface area contributed by atoms with E-state index in [-0.39, 0.29) is 12.1 Å². The van der Waals surface area contributed by atoms with Crippen molar-refractivity contribution in [2.45, 2.75) is 49.7 Å². The predicted molar refractivity (Wildman–Crippen MR) is 130 cm³/mol. The van der Waals surface area contributed by atoms with E-state index in [1.54, 1.807) is 12.0 Å². The molecule has 3 fully saturated rings. The predicted octanol–water partition coefficient (Wildman–Crippen LogP) is 3.50. The summed E-state index contributed by atoms with van der Waals surface area (Å²) >= 11 is 0. The molecule has 1 aliphatic carbocycles. The molecule has 2 saturated heterocycles. The molecule has 2 aromatic rings. The first-order valence-electron chi connectivity index (χ1n) is 12.2. The standard InChI is InChI=1S/C27H34N4O3/c1-29-24(22-9-7-21(8-10-22)20-5-6-20)31(16-13-19-3-11-23(34-2)12-4-19)25(32)27(29)14-17-30(18-15-27)26(28)33/h3-4,7-12,20,24H,5-6,13-18H2,1-2H3,(H2,28,33). The minimum absolute atomic E-state index is 0.126. The van der Waals surface area contributed by atoms with Crippen molar-refractivity contribution in [1.29, 1.82) is 0 Å². The molecule has 1 unspecified atom stereocenters. The Labute approximate surface area is 201 Å². The number of nitrogens with two attached hydrogens (primary N) is 1. The molecule has 0 aromatic heterocycles. The number of piperidine rings is 1. The van der Waals surface area contributed by atoms with Crippen molar-refractivity contribution >= 4 is 11.9 Å². The van der Waals surface area contributed by atoms with Crippen LogP contribution in [0.25, 0.3) is 0 Å². The third-order valence-electron chi connectivity index (χ3n) is 7.98. The van der Waals surface area contributed by atoms with Crippen LogP contribution in [-0.2, 0) is 11.2 Å². The Bertz CT molecular complexity index is 1040. The van der Waals surface area contributed by atoms with Crippen LogP contribution in [-0.4, -0.2) is 66.0 Å². The SMILES string of the molecule is COc1ccc(CCN2C(=O)C3(CCN(C(N)=O)CC3)N(C)C2c2ccc(C3CC3)cc2)cc1. The van der Waals surface area contributed by atoms with E-state index in [1.165, 1.54) is 24.0 Å². The van der Waals surface area contributed by atoms with E-state index in [9.17, 15) is 9.59 Å². The van der Waals surface area contributed by atoms with E-state index in [1.807, 2.05) is 17.0 Å². The maximum Gasteiger partial charge on any atom is 0.314 e. The Kier molecular flexibility index (Phi) is 5.98. The molecule has 2 heterocycles. The molecule has 0 radical (unpaired) electrons. The number of urea groups is 1. The molecule has 2 N–H and O–H groups in total. The van der Waals surface area contributed by atoms with E-state index in [0.717, 1.165) is 17.7 Å². The van der Waals surface area contributed by atoms with Gasteiger partial charge in [0.15, 0.2) is 0 Å². The fourth-order valence-electron chi connectivity index (χ4n) is 5.66. The highest BCUT2D eigenvalue weighted by molar-refractivity contribution is 5.89. The van der Waals surface area contributed by atoms with Crippen LogP contribution in [0.15, 0.2) is 48.5 Å². The van der Waals surface area contributed by atoms with Gasteiger partial charge in [-0.05, 0) is 73.9 Å². The molecule has 1 atom stereocenters. The smallest absolute Gasteiger partial charge is 0.314 e. The van der Waals surface area contributed by atoms with Crippen molar-refractivity contribution < 1.29 is 14.3 Å². The summed E-state index contributed by atoms with van der Waals surface area (Å²) in [5, 5.41) is 0. The van der Waals surface area contributed by atoms with Crippen molar-refractivity contribution in [1.82, 2.24) is 14.7 Å². The number of ether oxygens (including phenoxy) is 1. The molecule has 5 rings (SSSR count). The third kappa shape index (κ3) is 4.02. The van der Waals surface area contributed by atoms with Crippen LogP contribution in [0.4, 0.5) is 4.79 Å². The van der Waals surface area contributed by atoms with E-state index in [2.05, 4.69) is 48.3 Å². The first-order valence-corrected chi connectivity index (χ1v) is 12.2. The molecule has 3 aliphatic rings. The summed E-state index contributed by atoms with van der Waals surface area (Å²) < 4.78 is 5.28. The van der Waals surface area contributed by atoms with Crippen LogP contribution in [0, 0.1) is 0 Å². The first-order chi connectivity index (χ1) is 16.4. The molecule has 2 aromatic carbocycles. The number of rotatable bonds is 6. The van der Waals surface area contributed by atoms with Crippen LogP contribution < -0.4 is 10.5 Å². The normalized spacial score (nSPS) is 22.4. The van der Waals surface area contributed by atoms with E-state index in [0.29, 0.717) is 38.4 Å². The van der Waals surface area contributed by atoms with Gasteiger partial charge in [0, 0.05) is 19.6 Å². The van der Waals surface area contributed by atoms with Crippen LogP contribution in [0.3, 0.4) is 0 Å². The number of primary amides is 1. The largest absolute Gasteiger partial charge is 0.497 e.